The van der Waals surface area contributed by atoms with E-state index in [0.717, 1.165) is 28.0 Å². The van der Waals surface area contributed by atoms with E-state index in [2.05, 4.69) is 25.1 Å². The molecule has 0 aliphatic rings. The summed E-state index contributed by atoms with van der Waals surface area (Å²) < 4.78 is 14.3. The first-order valence-electron chi connectivity index (χ1n) is 7.26. The Morgan fingerprint density at radius 2 is 2.04 bits per heavy atom. The molecule has 0 bridgehead atoms. The highest BCUT2D eigenvalue weighted by atomic mass is 127. The number of hydrogen-bond acceptors (Lipinski definition) is 4. The van der Waals surface area contributed by atoms with Crippen molar-refractivity contribution in [1.29, 1.82) is 0 Å². The number of aromatic amines is 1. The first-order valence-corrected chi connectivity index (χ1v) is 8.34. The lowest BCUT2D eigenvalue weighted by molar-refractivity contribution is 0.578. The third-order valence-corrected chi connectivity index (χ3v) is 4.58. The highest BCUT2D eigenvalue weighted by Crippen LogP contribution is 2.25. The average molecular weight is 434 g/mol. The number of H-pyrrole nitrogens is 1. The van der Waals surface area contributed by atoms with E-state index in [4.69, 9.17) is 0 Å². The van der Waals surface area contributed by atoms with E-state index < -0.39 is 0 Å². The first kappa shape index (κ1) is 15.2. The molecule has 6 nitrogen and oxygen atoms in total. The van der Waals surface area contributed by atoms with Crippen LogP contribution in [0.4, 0.5) is 4.39 Å². The molecule has 1 aromatic carbocycles. The second kappa shape index (κ2) is 5.93. The van der Waals surface area contributed by atoms with Crippen LogP contribution in [0.2, 0.25) is 0 Å². The average Bonchev–Trinajstić information content (AvgIpc) is 3.17. The predicted molar refractivity (Wildman–Crippen MR) is 95.9 cm³/mol. The van der Waals surface area contributed by atoms with Crippen LogP contribution in [0.15, 0.2) is 36.8 Å². The van der Waals surface area contributed by atoms with Crippen molar-refractivity contribution in [3.05, 3.63) is 57.4 Å². The van der Waals surface area contributed by atoms with E-state index in [1.54, 1.807) is 10.9 Å². The Morgan fingerprint density at radius 1 is 1.17 bits per heavy atom. The Bertz CT molecular complexity index is 1040. The Labute approximate surface area is 150 Å². The third kappa shape index (κ3) is 2.66. The van der Waals surface area contributed by atoms with Crippen molar-refractivity contribution in [1.82, 2.24) is 29.9 Å². The molecule has 4 rings (SSSR count). The van der Waals surface area contributed by atoms with E-state index in [0.29, 0.717) is 15.8 Å². The first-order chi connectivity index (χ1) is 11.6. The van der Waals surface area contributed by atoms with Crippen LogP contribution < -0.4 is 0 Å². The van der Waals surface area contributed by atoms with Crippen LogP contribution in [0, 0.1) is 16.3 Å². The molecule has 0 fully saturated rings. The van der Waals surface area contributed by atoms with Gasteiger partial charge >= 0.3 is 0 Å². The number of fused-ring (bicyclic) bond motifs is 1. The molecule has 1 N–H and O–H groups in total. The summed E-state index contributed by atoms with van der Waals surface area (Å²) in [6, 6.07) is 7.04. The molecule has 0 radical (unpaired) electrons. The van der Waals surface area contributed by atoms with Crippen molar-refractivity contribution in [2.24, 2.45) is 0 Å². The number of nitrogens with zero attached hydrogens (tertiary/aromatic N) is 5. The zero-order valence-corrected chi connectivity index (χ0v) is 14.8. The number of rotatable bonds is 3. The van der Waals surface area contributed by atoms with Gasteiger partial charge in [-0.1, -0.05) is 6.07 Å². The maximum atomic E-state index is 13.7. The summed E-state index contributed by atoms with van der Waals surface area (Å²) in [7, 11) is 0. The monoisotopic (exact) mass is 434 g/mol. The van der Waals surface area contributed by atoms with Gasteiger partial charge in [0.25, 0.3) is 0 Å². The summed E-state index contributed by atoms with van der Waals surface area (Å²) in [4.78, 5) is 13.2. The molecule has 8 heteroatoms. The van der Waals surface area contributed by atoms with E-state index in [9.17, 15) is 4.39 Å². The predicted octanol–water partition coefficient (Wildman–Crippen LogP) is 3.32. The van der Waals surface area contributed by atoms with E-state index in [-0.39, 0.29) is 5.82 Å². The lowest BCUT2D eigenvalue weighted by atomic mass is 10.2. The van der Waals surface area contributed by atoms with Gasteiger partial charge in [0.1, 0.15) is 29.2 Å². The van der Waals surface area contributed by atoms with Crippen molar-refractivity contribution in [3.8, 4) is 11.4 Å². The molecule has 0 aliphatic heterocycles. The molecule has 0 unspecified atom stereocenters. The Balaban J connectivity index is 1.72. The molecule has 0 spiro atoms. The SMILES string of the molecule is Cc1nn(Cc2ccc(I)c(F)c2)nc1-c1ncnc2[nH]ccc12. The number of hydrogen-bond donors (Lipinski definition) is 1. The van der Waals surface area contributed by atoms with E-state index in [1.807, 2.05) is 47.8 Å². The second-order valence-corrected chi connectivity index (χ2v) is 6.54. The molecular formula is C16H12FIN6. The number of halogens is 2. The normalized spacial score (nSPS) is 11.3. The van der Waals surface area contributed by atoms with Crippen LogP contribution in [0.5, 0.6) is 0 Å². The summed E-state index contributed by atoms with van der Waals surface area (Å²) in [6.07, 6.45) is 3.32. The molecule has 24 heavy (non-hydrogen) atoms. The zero-order valence-electron chi connectivity index (χ0n) is 12.7. The van der Waals surface area contributed by atoms with Crippen molar-refractivity contribution >= 4 is 33.6 Å². The van der Waals surface area contributed by atoms with Crippen LogP contribution >= 0.6 is 22.6 Å². The molecule has 0 aliphatic carbocycles. The smallest absolute Gasteiger partial charge is 0.141 e. The fourth-order valence-corrected chi connectivity index (χ4v) is 2.92. The molecule has 0 atom stereocenters. The van der Waals surface area contributed by atoms with Gasteiger partial charge in [-0.15, -0.1) is 0 Å². The van der Waals surface area contributed by atoms with Crippen LogP contribution in [-0.4, -0.2) is 29.9 Å². The molecule has 0 saturated carbocycles. The van der Waals surface area contributed by atoms with Crippen molar-refractivity contribution in [2.75, 3.05) is 0 Å². The van der Waals surface area contributed by atoms with Gasteiger partial charge in [0.2, 0.25) is 0 Å². The minimum Gasteiger partial charge on any atom is -0.346 e. The van der Waals surface area contributed by atoms with E-state index in [1.165, 1.54) is 12.4 Å². The second-order valence-electron chi connectivity index (χ2n) is 5.38. The summed E-state index contributed by atoms with van der Waals surface area (Å²) in [5.41, 5.74) is 3.77. The summed E-state index contributed by atoms with van der Waals surface area (Å²) in [5.74, 6) is -0.234. The highest BCUT2D eigenvalue weighted by molar-refractivity contribution is 14.1. The van der Waals surface area contributed by atoms with E-state index >= 15 is 0 Å². The van der Waals surface area contributed by atoms with Crippen molar-refractivity contribution in [3.63, 3.8) is 0 Å². The summed E-state index contributed by atoms with van der Waals surface area (Å²) >= 11 is 1.97. The fraction of sp³-hybridized carbons (Fsp3) is 0.125. The number of aryl methyl sites for hydroxylation is 1. The van der Waals surface area contributed by atoms with Crippen LogP contribution in [0.1, 0.15) is 11.3 Å². The standard InChI is InChI=1S/C16H12FIN6/c1-9-14(15-11-4-5-19-16(11)21-8-20-15)23-24(22-9)7-10-2-3-13(18)12(17)6-10/h2-6,8H,7H2,1H3,(H,19,20,21). The zero-order chi connectivity index (χ0) is 16.7. The lowest BCUT2D eigenvalue weighted by Crippen LogP contribution is -2.04. The molecule has 0 amide bonds. The number of benzene rings is 1. The Hall–Kier alpha value is -2.36. The third-order valence-electron chi connectivity index (χ3n) is 3.71. The lowest BCUT2D eigenvalue weighted by Gasteiger charge is -2.02. The Kier molecular flexibility index (Phi) is 3.75. The minimum absolute atomic E-state index is 0.234. The quantitative estimate of drug-likeness (QED) is 0.503. The van der Waals surface area contributed by atoms with Gasteiger partial charge in [0.15, 0.2) is 0 Å². The summed E-state index contributed by atoms with van der Waals surface area (Å²) in [5, 5.41) is 9.87. The van der Waals surface area contributed by atoms with Gasteiger partial charge < -0.3 is 4.98 Å². The molecule has 3 heterocycles. The van der Waals surface area contributed by atoms with Crippen LogP contribution in [-0.2, 0) is 6.54 Å². The van der Waals surface area contributed by atoms with Gasteiger partial charge in [-0.3, -0.25) is 0 Å². The molecule has 0 saturated heterocycles. The number of aromatic nitrogens is 6. The Morgan fingerprint density at radius 3 is 2.88 bits per heavy atom. The van der Waals surface area contributed by atoms with Crippen molar-refractivity contribution < 1.29 is 4.39 Å². The van der Waals surface area contributed by atoms with Gasteiger partial charge in [0, 0.05) is 15.2 Å². The van der Waals surface area contributed by atoms with Gasteiger partial charge in [-0.05, 0) is 53.3 Å². The molecular weight excluding hydrogens is 422 g/mol. The molecule has 3 aromatic heterocycles. The molecule has 120 valence electrons. The number of nitrogens with one attached hydrogen (secondary N) is 1. The van der Waals surface area contributed by atoms with Gasteiger partial charge in [0.05, 0.1) is 12.2 Å². The molecule has 4 aromatic rings. The summed E-state index contributed by atoms with van der Waals surface area (Å²) in [6.45, 7) is 2.28. The fourth-order valence-electron chi connectivity index (χ4n) is 2.58. The largest absolute Gasteiger partial charge is 0.346 e. The topological polar surface area (TPSA) is 72.3 Å². The minimum atomic E-state index is -0.234. The van der Waals surface area contributed by atoms with Crippen LogP contribution in [0.3, 0.4) is 0 Å². The maximum absolute atomic E-state index is 13.7. The van der Waals surface area contributed by atoms with Crippen LogP contribution in [0.25, 0.3) is 22.4 Å². The van der Waals surface area contributed by atoms with Gasteiger partial charge in [-0.2, -0.15) is 15.0 Å². The van der Waals surface area contributed by atoms with Crippen molar-refractivity contribution in [2.45, 2.75) is 13.5 Å². The highest BCUT2D eigenvalue weighted by Gasteiger charge is 2.15. The maximum Gasteiger partial charge on any atom is 0.141 e. The van der Waals surface area contributed by atoms with Gasteiger partial charge in [-0.25, -0.2) is 14.4 Å².